The molecule has 27 heavy (non-hydrogen) atoms. The average molecular weight is 388 g/mol. The molecule has 0 saturated carbocycles. The van der Waals surface area contributed by atoms with Crippen LogP contribution < -0.4 is 4.90 Å². The highest BCUT2D eigenvalue weighted by molar-refractivity contribution is 7.98. The van der Waals surface area contributed by atoms with Crippen molar-refractivity contribution in [1.82, 2.24) is 4.98 Å². The fourth-order valence-corrected chi connectivity index (χ4v) is 2.80. The summed E-state index contributed by atoms with van der Waals surface area (Å²) in [5.74, 6) is -1.72. The van der Waals surface area contributed by atoms with Crippen molar-refractivity contribution in [3.63, 3.8) is 0 Å². The molecule has 0 fully saturated rings. The molecule has 1 aromatic carbocycles. The van der Waals surface area contributed by atoms with Gasteiger partial charge in [0.05, 0.1) is 12.2 Å². The zero-order chi connectivity index (χ0) is 19.6. The molecule has 0 spiro atoms. The highest BCUT2D eigenvalue weighted by atomic mass is 32.2. The maximum absolute atomic E-state index is 12.6. The maximum atomic E-state index is 12.6. The van der Waals surface area contributed by atoms with Crippen molar-refractivity contribution in [3.05, 3.63) is 54.2 Å². The van der Waals surface area contributed by atoms with Crippen molar-refractivity contribution in [3.8, 4) is 0 Å². The molecule has 0 aliphatic heterocycles. The monoisotopic (exact) mass is 388 g/mol. The molecular formula is C19H20N2O5S. The SMILES string of the molecule is CCOC(=O)CN(C(=O)COC(=O)c1cccnc1SC)c1ccccc1. The normalized spacial score (nSPS) is 10.1. The third-order valence-electron chi connectivity index (χ3n) is 3.47. The molecular weight excluding hydrogens is 368 g/mol. The van der Waals surface area contributed by atoms with E-state index in [0.29, 0.717) is 10.7 Å². The van der Waals surface area contributed by atoms with Crippen LogP contribution >= 0.6 is 11.8 Å². The predicted octanol–water partition coefficient (Wildman–Crippen LogP) is 2.56. The van der Waals surface area contributed by atoms with Gasteiger partial charge < -0.3 is 9.47 Å². The van der Waals surface area contributed by atoms with E-state index in [1.807, 2.05) is 0 Å². The van der Waals surface area contributed by atoms with Gasteiger partial charge in [-0.2, -0.15) is 0 Å². The Kier molecular flexibility index (Phi) is 7.81. The zero-order valence-corrected chi connectivity index (χ0v) is 15.9. The molecule has 1 heterocycles. The smallest absolute Gasteiger partial charge is 0.341 e. The third kappa shape index (κ3) is 5.82. The predicted molar refractivity (Wildman–Crippen MR) is 102 cm³/mol. The molecule has 0 unspecified atom stereocenters. The molecule has 0 saturated heterocycles. The Balaban J connectivity index is 2.09. The standard InChI is InChI=1S/C19H20N2O5S/c1-3-25-17(23)12-21(14-8-5-4-6-9-14)16(22)13-26-19(24)15-10-7-11-20-18(15)27-2/h4-11H,3,12-13H2,1-2H3. The van der Waals surface area contributed by atoms with Gasteiger partial charge in [0.1, 0.15) is 11.6 Å². The number of pyridine rings is 1. The highest BCUT2D eigenvalue weighted by Gasteiger charge is 2.22. The first-order chi connectivity index (χ1) is 13.1. The number of hydrogen-bond acceptors (Lipinski definition) is 7. The van der Waals surface area contributed by atoms with Gasteiger partial charge in [-0.3, -0.25) is 14.5 Å². The molecule has 2 rings (SSSR count). The second-order valence-corrected chi connectivity index (χ2v) is 6.05. The van der Waals surface area contributed by atoms with E-state index in [1.54, 1.807) is 61.8 Å². The van der Waals surface area contributed by atoms with E-state index in [2.05, 4.69) is 4.98 Å². The van der Waals surface area contributed by atoms with Crippen molar-refractivity contribution < 1.29 is 23.9 Å². The molecule has 0 aliphatic rings. The molecule has 1 aromatic heterocycles. The number of benzene rings is 1. The molecule has 2 aromatic rings. The number of anilines is 1. The summed E-state index contributed by atoms with van der Waals surface area (Å²) in [6.45, 7) is 1.13. The molecule has 7 nitrogen and oxygen atoms in total. The number of carbonyl (C=O) groups excluding carboxylic acids is 3. The Bertz CT molecular complexity index is 798. The van der Waals surface area contributed by atoms with Crippen LogP contribution in [-0.4, -0.2) is 48.8 Å². The molecule has 0 radical (unpaired) electrons. The topological polar surface area (TPSA) is 85.8 Å². The summed E-state index contributed by atoms with van der Waals surface area (Å²) < 4.78 is 10.1. The van der Waals surface area contributed by atoms with E-state index in [9.17, 15) is 14.4 Å². The molecule has 0 aliphatic carbocycles. The minimum atomic E-state index is -0.648. The van der Waals surface area contributed by atoms with Gasteiger partial charge in [0.25, 0.3) is 5.91 Å². The number of hydrogen-bond donors (Lipinski definition) is 0. The van der Waals surface area contributed by atoms with Crippen molar-refractivity contribution in [1.29, 1.82) is 0 Å². The fraction of sp³-hybridized carbons (Fsp3) is 0.263. The number of nitrogens with zero attached hydrogens (tertiary/aromatic N) is 2. The molecule has 0 atom stereocenters. The van der Waals surface area contributed by atoms with Gasteiger partial charge in [-0.1, -0.05) is 18.2 Å². The van der Waals surface area contributed by atoms with Gasteiger partial charge in [-0.15, -0.1) is 11.8 Å². The first kappa shape index (κ1) is 20.4. The number of thioether (sulfide) groups is 1. The Labute approximate surface area is 161 Å². The van der Waals surface area contributed by atoms with E-state index in [1.165, 1.54) is 16.7 Å². The zero-order valence-electron chi connectivity index (χ0n) is 15.1. The van der Waals surface area contributed by atoms with Crippen molar-refractivity contribution in [2.24, 2.45) is 0 Å². The summed E-state index contributed by atoms with van der Waals surface area (Å²) in [4.78, 5) is 42.0. The molecule has 1 amide bonds. The summed E-state index contributed by atoms with van der Waals surface area (Å²) in [6.07, 6.45) is 3.37. The van der Waals surface area contributed by atoms with Crippen LogP contribution in [-0.2, 0) is 19.1 Å². The van der Waals surface area contributed by atoms with Gasteiger partial charge >= 0.3 is 11.9 Å². The van der Waals surface area contributed by atoms with Crippen LogP contribution in [0.25, 0.3) is 0 Å². The van der Waals surface area contributed by atoms with Crippen LogP contribution in [0.4, 0.5) is 5.69 Å². The van der Waals surface area contributed by atoms with Crippen molar-refractivity contribution in [2.45, 2.75) is 11.9 Å². The van der Waals surface area contributed by atoms with E-state index >= 15 is 0 Å². The number of esters is 2. The number of carbonyl (C=O) groups is 3. The summed E-state index contributed by atoms with van der Waals surface area (Å²) in [5, 5.41) is 0.515. The second kappa shape index (κ2) is 10.3. The summed E-state index contributed by atoms with van der Waals surface area (Å²) in [5.41, 5.74) is 0.798. The van der Waals surface area contributed by atoms with Crippen LogP contribution in [0.3, 0.4) is 0 Å². The van der Waals surface area contributed by atoms with Gasteiger partial charge in [-0.25, -0.2) is 9.78 Å². The van der Waals surface area contributed by atoms with E-state index in [-0.39, 0.29) is 18.7 Å². The first-order valence-corrected chi connectivity index (χ1v) is 9.46. The number of ether oxygens (including phenoxy) is 2. The third-order valence-corrected chi connectivity index (χ3v) is 4.18. The fourth-order valence-electron chi connectivity index (χ4n) is 2.26. The van der Waals surface area contributed by atoms with Gasteiger partial charge in [0.15, 0.2) is 6.61 Å². The Morgan fingerprint density at radius 3 is 2.48 bits per heavy atom. The maximum Gasteiger partial charge on any atom is 0.341 e. The van der Waals surface area contributed by atoms with Crippen molar-refractivity contribution in [2.75, 3.05) is 30.9 Å². The second-order valence-electron chi connectivity index (χ2n) is 5.26. The lowest BCUT2D eigenvalue weighted by molar-refractivity contribution is -0.142. The Hall–Kier alpha value is -2.87. The van der Waals surface area contributed by atoms with Crippen LogP contribution in [0.1, 0.15) is 17.3 Å². The lowest BCUT2D eigenvalue weighted by atomic mass is 10.2. The summed E-state index contributed by atoms with van der Waals surface area (Å²) in [6, 6.07) is 11.9. The lowest BCUT2D eigenvalue weighted by Crippen LogP contribution is -2.39. The Morgan fingerprint density at radius 1 is 1.07 bits per heavy atom. The quantitative estimate of drug-likeness (QED) is 0.507. The van der Waals surface area contributed by atoms with E-state index < -0.39 is 24.5 Å². The molecule has 8 heteroatoms. The number of amides is 1. The summed E-state index contributed by atoms with van der Waals surface area (Å²) in [7, 11) is 0. The van der Waals surface area contributed by atoms with Crippen molar-refractivity contribution >= 4 is 35.3 Å². The van der Waals surface area contributed by atoms with Gasteiger partial charge in [0.2, 0.25) is 0 Å². The number of para-hydroxylation sites is 1. The largest absolute Gasteiger partial charge is 0.465 e. The summed E-state index contributed by atoms with van der Waals surface area (Å²) >= 11 is 1.31. The minimum absolute atomic E-state index is 0.211. The molecule has 0 bridgehead atoms. The van der Waals surface area contributed by atoms with Gasteiger partial charge in [-0.05, 0) is 37.4 Å². The van der Waals surface area contributed by atoms with Gasteiger partial charge in [0, 0.05) is 11.9 Å². The highest BCUT2D eigenvalue weighted by Crippen LogP contribution is 2.18. The minimum Gasteiger partial charge on any atom is -0.465 e. The Morgan fingerprint density at radius 2 is 1.81 bits per heavy atom. The number of aromatic nitrogens is 1. The van der Waals surface area contributed by atoms with E-state index in [4.69, 9.17) is 9.47 Å². The number of rotatable bonds is 8. The van der Waals surface area contributed by atoms with E-state index in [0.717, 1.165) is 0 Å². The first-order valence-electron chi connectivity index (χ1n) is 8.24. The lowest BCUT2D eigenvalue weighted by Gasteiger charge is -2.21. The molecule has 142 valence electrons. The van der Waals surface area contributed by atoms with Crippen LogP contribution in [0.15, 0.2) is 53.7 Å². The van der Waals surface area contributed by atoms with Crippen LogP contribution in [0.5, 0.6) is 0 Å². The molecule has 0 N–H and O–H groups in total. The average Bonchev–Trinajstić information content (AvgIpc) is 2.70. The van der Waals surface area contributed by atoms with Crippen LogP contribution in [0.2, 0.25) is 0 Å². The van der Waals surface area contributed by atoms with Crippen LogP contribution in [0, 0.1) is 0 Å².